The number of hydrogen-bond acceptors (Lipinski definition) is 5. The van der Waals surface area contributed by atoms with Crippen molar-refractivity contribution in [3.05, 3.63) is 83.6 Å². The fourth-order valence-electron chi connectivity index (χ4n) is 4.17. The number of aromatic nitrogens is 2. The van der Waals surface area contributed by atoms with Crippen molar-refractivity contribution < 1.29 is 32.3 Å². The lowest BCUT2D eigenvalue weighted by atomic mass is 10.1. The van der Waals surface area contributed by atoms with Crippen LogP contribution in [-0.2, 0) is 11.0 Å². The van der Waals surface area contributed by atoms with Crippen molar-refractivity contribution in [2.75, 3.05) is 23.8 Å². The zero-order valence-electron chi connectivity index (χ0n) is 20.2. The third-order valence-corrected chi connectivity index (χ3v) is 6.11. The van der Waals surface area contributed by atoms with Crippen LogP contribution in [0.1, 0.15) is 26.3 Å². The van der Waals surface area contributed by atoms with E-state index < -0.39 is 29.6 Å². The number of nitrogens with one attached hydrogen (secondary N) is 1. The molecule has 0 radical (unpaired) electrons. The Morgan fingerprint density at radius 2 is 1.74 bits per heavy atom. The summed E-state index contributed by atoms with van der Waals surface area (Å²) in [6, 6.07) is 13.5. The zero-order valence-corrected chi connectivity index (χ0v) is 20.2. The van der Waals surface area contributed by atoms with Crippen LogP contribution in [0.15, 0.2) is 66.9 Å². The number of likely N-dealkylation sites (N-methyl/N-ethyl adjacent to an activating group) is 1. The number of urea groups is 1. The van der Waals surface area contributed by atoms with E-state index in [-0.39, 0.29) is 40.5 Å². The fraction of sp³-hybridized carbons (Fsp3) is 0.115. The molecule has 0 saturated carbocycles. The molecule has 1 aliphatic heterocycles. The maximum atomic E-state index is 13.7. The fourth-order valence-corrected chi connectivity index (χ4v) is 4.17. The molecular formula is C26H19F3N6O4. The van der Waals surface area contributed by atoms with Crippen molar-refractivity contribution in [1.29, 1.82) is 0 Å². The lowest BCUT2D eigenvalue weighted by Gasteiger charge is -2.14. The molecule has 10 nitrogen and oxygen atoms in total. The van der Waals surface area contributed by atoms with Gasteiger partial charge in [-0.1, -0.05) is 18.2 Å². The number of nitrogens with two attached hydrogens (primary N) is 1. The van der Waals surface area contributed by atoms with Gasteiger partial charge in [-0.3, -0.25) is 14.4 Å². The van der Waals surface area contributed by atoms with E-state index in [9.17, 15) is 32.3 Å². The Kier molecular flexibility index (Phi) is 6.05. The third-order valence-electron chi connectivity index (χ3n) is 6.11. The summed E-state index contributed by atoms with van der Waals surface area (Å²) in [6.45, 7) is -0.0494. The Morgan fingerprint density at radius 1 is 1.03 bits per heavy atom. The van der Waals surface area contributed by atoms with Gasteiger partial charge >= 0.3 is 12.2 Å². The lowest BCUT2D eigenvalue weighted by Crippen LogP contribution is -2.31. The highest BCUT2D eigenvalue weighted by Crippen LogP contribution is 2.33. The highest BCUT2D eigenvalue weighted by molar-refractivity contribution is 6.19. The number of fused-ring (bicyclic) bond motifs is 1. The van der Waals surface area contributed by atoms with Crippen molar-refractivity contribution in [2.45, 2.75) is 6.18 Å². The summed E-state index contributed by atoms with van der Waals surface area (Å²) in [5, 5.41) is 6.73. The van der Waals surface area contributed by atoms with Crippen LogP contribution >= 0.6 is 0 Å². The molecule has 3 heterocycles. The summed E-state index contributed by atoms with van der Waals surface area (Å²) in [6.07, 6.45) is -3.99. The highest BCUT2D eigenvalue weighted by atomic mass is 19.4. The second-order valence-electron chi connectivity index (χ2n) is 8.81. The largest absolute Gasteiger partial charge is 0.417 e. The summed E-state index contributed by atoms with van der Waals surface area (Å²) in [5.41, 5.74) is 5.30. The number of anilines is 2. The van der Waals surface area contributed by atoms with Gasteiger partial charge in [-0.05, 0) is 42.5 Å². The minimum absolute atomic E-state index is 0.0494. The molecule has 3 N–H and O–H groups in total. The standard InChI is InChI=1S/C26H19F3N6O4/c1-33-13-22(36)35(25(33)39)18-7-5-14(6-8-18)20-11-21-19(10-16(26(27,28)29)12-34(21)32-20)24(38)31-17-4-2-3-15(9-17)23(30)37/h2-12H,13H2,1H3,(H2,30,37)(H,31,38). The van der Waals surface area contributed by atoms with Crippen molar-refractivity contribution in [3.63, 3.8) is 0 Å². The van der Waals surface area contributed by atoms with E-state index in [2.05, 4.69) is 10.4 Å². The van der Waals surface area contributed by atoms with E-state index >= 15 is 0 Å². The first kappa shape index (κ1) is 25.4. The van der Waals surface area contributed by atoms with E-state index in [4.69, 9.17) is 5.73 Å². The molecule has 39 heavy (non-hydrogen) atoms. The van der Waals surface area contributed by atoms with E-state index in [0.29, 0.717) is 11.3 Å². The van der Waals surface area contributed by atoms with Crippen molar-refractivity contribution in [3.8, 4) is 11.3 Å². The monoisotopic (exact) mass is 536 g/mol. The summed E-state index contributed by atoms with van der Waals surface area (Å²) in [7, 11) is 1.50. The number of hydrogen-bond donors (Lipinski definition) is 2. The van der Waals surface area contributed by atoms with Crippen LogP contribution in [0.3, 0.4) is 0 Å². The molecule has 1 aliphatic rings. The van der Waals surface area contributed by atoms with Gasteiger partial charge in [0.1, 0.15) is 6.54 Å². The van der Waals surface area contributed by atoms with Crippen LogP contribution in [0, 0.1) is 0 Å². The number of carbonyl (C=O) groups excluding carboxylic acids is 4. The van der Waals surface area contributed by atoms with E-state index in [1.807, 2.05) is 0 Å². The van der Waals surface area contributed by atoms with Gasteiger partial charge in [0.25, 0.3) is 11.8 Å². The first-order valence-corrected chi connectivity index (χ1v) is 11.4. The third kappa shape index (κ3) is 4.77. The summed E-state index contributed by atoms with van der Waals surface area (Å²) in [4.78, 5) is 51.3. The second-order valence-corrected chi connectivity index (χ2v) is 8.81. The molecule has 0 unspecified atom stereocenters. The van der Waals surface area contributed by atoms with Crippen LogP contribution in [0.4, 0.5) is 29.3 Å². The number of primary amides is 1. The highest BCUT2D eigenvalue weighted by Gasteiger charge is 2.35. The van der Waals surface area contributed by atoms with Crippen molar-refractivity contribution in [2.24, 2.45) is 5.73 Å². The maximum absolute atomic E-state index is 13.7. The maximum Gasteiger partial charge on any atom is 0.417 e. The van der Waals surface area contributed by atoms with Crippen LogP contribution in [0.5, 0.6) is 0 Å². The van der Waals surface area contributed by atoms with Gasteiger partial charge in [0.05, 0.1) is 28.0 Å². The molecular weight excluding hydrogens is 517 g/mol. The molecule has 5 amide bonds. The average Bonchev–Trinajstić information content (AvgIpc) is 3.43. The van der Waals surface area contributed by atoms with Crippen LogP contribution < -0.4 is 16.0 Å². The lowest BCUT2D eigenvalue weighted by molar-refractivity contribution is -0.138. The van der Waals surface area contributed by atoms with Gasteiger partial charge in [0.2, 0.25) is 5.91 Å². The molecule has 13 heteroatoms. The molecule has 0 atom stereocenters. The topological polar surface area (TPSA) is 130 Å². The summed E-state index contributed by atoms with van der Waals surface area (Å²) in [5.74, 6) is -1.98. The van der Waals surface area contributed by atoms with Gasteiger partial charge in [-0.15, -0.1) is 0 Å². The van der Waals surface area contributed by atoms with Gasteiger partial charge in [0.15, 0.2) is 0 Å². The van der Waals surface area contributed by atoms with Gasteiger partial charge in [0, 0.05) is 30.1 Å². The molecule has 0 spiro atoms. The number of nitrogens with zero attached hydrogens (tertiary/aromatic N) is 4. The summed E-state index contributed by atoms with van der Waals surface area (Å²) < 4.78 is 41.9. The summed E-state index contributed by atoms with van der Waals surface area (Å²) >= 11 is 0. The number of benzene rings is 2. The number of carbonyl (C=O) groups is 4. The SMILES string of the molecule is CN1CC(=O)N(c2ccc(-c3cc4c(C(=O)Nc5cccc(C(N)=O)c5)cc(C(F)(F)F)cn4n3)cc2)C1=O. The molecule has 0 aliphatic carbocycles. The second kappa shape index (κ2) is 9.28. The number of amides is 5. The van der Waals surface area contributed by atoms with Gasteiger partial charge < -0.3 is 16.0 Å². The Labute approximate surface area is 218 Å². The Balaban J connectivity index is 1.52. The van der Waals surface area contributed by atoms with Gasteiger partial charge in [-0.2, -0.15) is 18.3 Å². The van der Waals surface area contributed by atoms with Crippen molar-refractivity contribution >= 4 is 40.6 Å². The Hall–Kier alpha value is -5.20. The molecule has 1 saturated heterocycles. The Bertz CT molecular complexity index is 1660. The quantitative estimate of drug-likeness (QED) is 0.375. The predicted molar refractivity (Wildman–Crippen MR) is 134 cm³/mol. The minimum atomic E-state index is -4.76. The minimum Gasteiger partial charge on any atom is -0.366 e. The first-order chi connectivity index (χ1) is 18.4. The number of pyridine rings is 1. The normalized spacial score (nSPS) is 13.8. The van der Waals surface area contributed by atoms with Crippen molar-refractivity contribution in [1.82, 2.24) is 14.5 Å². The van der Waals surface area contributed by atoms with E-state index in [1.165, 1.54) is 54.4 Å². The van der Waals surface area contributed by atoms with Crippen LogP contribution in [-0.4, -0.2) is 51.9 Å². The average molecular weight is 536 g/mol. The van der Waals surface area contributed by atoms with Crippen LogP contribution in [0.2, 0.25) is 0 Å². The number of imide groups is 1. The van der Waals surface area contributed by atoms with E-state index in [0.717, 1.165) is 21.7 Å². The molecule has 5 rings (SSSR count). The molecule has 1 fully saturated rings. The number of alkyl halides is 3. The van der Waals surface area contributed by atoms with Gasteiger partial charge in [-0.25, -0.2) is 14.2 Å². The number of halogens is 3. The van der Waals surface area contributed by atoms with E-state index in [1.54, 1.807) is 12.1 Å². The molecule has 0 bridgehead atoms. The Morgan fingerprint density at radius 3 is 2.36 bits per heavy atom. The van der Waals surface area contributed by atoms with Crippen LogP contribution in [0.25, 0.3) is 16.8 Å². The molecule has 4 aromatic rings. The molecule has 2 aromatic carbocycles. The predicted octanol–water partition coefficient (Wildman–Crippen LogP) is 3.77. The smallest absolute Gasteiger partial charge is 0.366 e. The number of rotatable bonds is 5. The first-order valence-electron chi connectivity index (χ1n) is 11.4. The zero-order chi connectivity index (χ0) is 28.1. The molecule has 2 aromatic heterocycles. The molecule has 198 valence electrons.